The zero-order chi connectivity index (χ0) is 13.8. The lowest BCUT2D eigenvalue weighted by Gasteiger charge is -2.19. The number of hydrogen-bond donors (Lipinski definition) is 2. The van der Waals surface area contributed by atoms with Crippen molar-refractivity contribution >= 4 is 12.3 Å². The fourth-order valence-electron chi connectivity index (χ4n) is 1.22. The monoisotopic (exact) mass is 251 g/mol. The van der Waals surface area contributed by atoms with Crippen LogP contribution in [-0.4, -0.2) is 28.0 Å². The Bertz CT molecular complexity index is 464. The summed E-state index contributed by atoms with van der Waals surface area (Å²) in [5, 5.41) is 14.1. The van der Waals surface area contributed by atoms with Crippen molar-refractivity contribution in [1.29, 1.82) is 0 Å². The Morgan fingerprint density at radius 1 is 1.56 bits per heavy atom. The van der Waals surface area contributed by atoms with Crippen LogP contribution in [0.4, 0.5) is 4.79 Å². The van der Waals surface area contributed by atoms with Gasteiger partial charge in [0, 0.05) is 16.8 Å². The summed E-state index contributed by atoms with van der Waals surface area (Å²) >= 11 is 0. The van der Waals surface area contributed by atoms with E-state index in [1.54, 1.807) is 13.0 Å². The Hall–Kier alpha value is -2.11. The number of aryl methyl sites for hydroxylation is 1. The summed E-state index contributed by atoms with van der Waals surface area (Å²) in [6.07, 6.45) is 2.11. The lowest BCUT2D eigenvalue weighted by Crippen LogP contribution is -2.42. The number of nitrogens with one attached hydrogen (secondary N) is 1. The molecule has 18 heavy (non-hydrogen) atoms. The van der Waals surface area contributed by atoms with Crippen LogP contribution >= 0.6 is 0 Å². The molecule has 0 aliphatic carbocycles. The van der Waals surface area contributed by atoms with Crippen molar-refractivity contribution in [2.24, 2.45) is 5.16 Å². The van der Waals surface area contributed by atoms with Crippen molar-refractivity contribution in [3.05, 3.63) is 23.5 Å². The van der Waals surface area contributed by atoms with Gasteiger partial charge in [-0.2, -0.15) is 0 Å². The van der Waals surface area contributed by atoms with Crippen LogP contribution in [0.5, 0.6) is 5.75 Å². The number of carbonyl (C=O) groups excluding carboxylic acids is 1. The van der Waals surface area contributed by atoms with E-state index >= 15 is 0 Å². The molecule has 0 saturated carbocycles. The first-order chi connectivity index (χ1) is 8.31. The maximum atomic E-state index is 11.5. The first-order valence-electron chi connectivity index (χ1n) is 5.46. The van der Waals surface area contributed by atoms with Gasteiger partial charge in [-0.15, -0.1) is 0 Å². The largest absolute Gasteiger partial charge is 0.413 e. The minimum Gasteiger partial charge on any atom is -0.411 e. The van der Waals surface area contributed by atoms with Crippen molar-refractivity contribution in [2.75, 3.05) is 0 Å². The SMILES string of the molecule is Cc1ncc(OC(=O)NC(C)(C)C)cc1C=NO. The van der Waals surface area contributed by atoms with E-state index in [0.29, 0.717) is 11.3 Å². The molecule has 6 heteroatoms. The summed E-state index contributed by atoms with van der Waals surface area (Å²) in [7, 11) is 0. The normalized spacial score (nSPS) is 11.6. The number of pyridine rings is 1. The van der Waals surface area contributed by atoms with Crippen molar-refractivity contribution in [3.8, 4) is 5.75 Å². The zero-order valence-corrected chi connectivity index (χ0v) is 10.9. The predicted molar refractivity (Wildman–Crippen MR) is 67.3 cm³/mol. The second-order valence-corrected chi connectivity index (χ2v) is 4.85. The van der Waals surface area contributed by atoms with Crippen LogP contribution in [0.25, 0.3) is 0 Å². The molecule has 0 aliphatic heterocycles. The first kappa shape index (κ1) is 14.0. The number of ether oxygens (including phenoxy) is 1. The van der Waals surface area contributed by atoms with E-state index in [4.69, 9.17) is 9.94 Å². The Labute approximate surface area is 106 Å². The highest BCUT2D eigenvalue weighted by Crippen LogP contribution is 2.14. The molecule has 0 atom stereocenters. The Balaban J connectivity index is 2.79. The molecule has 0 bridgehead atoms. The maximum absolute atomic E-state index is 11.5. The van der Waals surface area contributed by atoms with Gasteiger partial charge < -0.3 is 15.3 Å². The highest BCUT2D eigenvalue weighted by atomic mass is 16.6. The molecular formula is C12H17N3O3. The average molecular weight is 251 g/mol. The van der Waals surface area contributed by atoms with Gasteiger partial charge >= 0.3 is 6.09 Å². The van der Waals surface area contributed by atoms with E-state index in [-0.39, 0.29) is 11.3 Å². The van der Waals surface area contributed by atoms with Crippen LogP contribution in [0.3, 0.4) is 0 Å². The lowest BCUT2D eigenvalue weighted by molar-refractivity contribution is 0.190. The van der Waals surface area contributed by atoms with Crippen molar-refractivity contribution in [3.63, 3.8) is 0 Å². The molecule has 1 amide bonds. The molecule has 0 saturated heterocycles. The molecule has 1 aromatic heterocycles. The number of rotatable bonds is 2. The van der Waals surface area contributed by atoms with E-state index in [0.717, 1.165) is 0 Å². The standard InChI is InChI=1S/C12H17N3O3/c1-8-9(6-14-17)5-10(7-13-8)18-11(16)15-12(2,3)4/h5-7,17H,1-4H3,(H,15,16). The van der Waals surface area contributed by atoms with Gasteiger partial charge in [0.25, 0.3) is 0 Å². The average Bonchev–Trinajstić information content (AvgIpc) is 2.20. The van der Waals surface area contributed by atoms with E-state index < -0.39 is 6.09 Å². The van der Waals surface area contributed by atoms with Crippen molar-refractivity contribution in [1.82, 2.24) is 10.3 Å². The molecule has 0 aromatic carbocycles. The highest BCUT2D eigenvalue weighted by Gasteiger charge is 2.15. The number of carbonyl (C=O) groups is 1. The fourth-order valence-corrected chi connectivity index (χ4v) is 1.22. The van der Waals surface area contributed by atoms with Crippen LogP contribution in [0, 0.1) is 6.92 Å². The molecule has 1 aromatic rings. The third-order valence-corrected chi connectivity index (χ3v) is 1.99. The Kier molecular flexibility index (Phi) is 4.25. The zero-order valence-electron chi connectivity index (χ0n) is 10.9. The van der Waals surface area contributed by atoms with E-state index in [2.05, 4.69) is 15.5 Å². The second-order valence-electron chi connectivity index (χ2n) is 4.85. The van der Waals surface area contributed by atoms with E-state index in [1.807, 2.05) is 20.8 Å². The molecule has 6 nitrogen and oxygen atoms in total. The molecular weight excluding hydrogens is 234 g/mol. The van der Waals surface area contributed by atoms with Gasteiger partial charge in [-0.25, -0.2) is 4.79 Å². The van der Waals surface area contributed by atoms with Crippen LogP contribution in [0.2, 0.25) is 0 Å². The molecule has 0 aliphatic rings. The summed E-state index contributed by atoms with van der Waals surface area (Å²) in [6.45, 7) is 7.32. The third-order valence-electron chi connectivity index (χ3n) is 1.99. The number of nitrogens with zero attached hydrogens (tertiary/aromatic N) is 2. The van der Waals surface area contributed by atoms with E-state index in [1.165, 1.54) is 12.4 Å². The van der Waals surface area contributed by atoms with Gasteiger partial charge in [0.05, 0.1) is 12.4 Å². The molecule has 1 rings (SSSR count). The minimum absolute atomic E-state index is 0.289. The predicted octanol–water partition coefficient (Wildman–Crippen LogP) is 2.09. The quantitative estimate of drug-likeness (QED) is 0.479. The fraction of sp³-hybridized carbons (Fsp3) is 0.417. The smallest absolute Gasteiger partial charge is 0.411 e. The minimum atomic E-state index is -0.556. The topological polar surface area (TPSA) is 83.8 Å². The molecule has 0 radical (unpaired) electrons. The first-order valence-corrected chi connectivity index (χ1v) is 5.46. The molecule has 98 valence electrons. The van der Waals surface area contributed by atoms with Gasteiger partial charge in [0.2, 0.25) is 0 Å². The number of oxime groups is 1. The summed E-state index contributed by atoms with van der Waals surface area (Å²) in [5.41, 5.74) is 0.889. The van der Waals surface area contributed by atoms with Gasteiger partial charge in [0.15, 0.2) is 5.75 Å². The van der Waals surface area contributed by atoms with E-state index in [9.17, 15) is 4.79 Å². The maximum Gasteiger partial charge on any atom is 0.413 e. The van der Waals surface area contributed by atoms with Crippen LogP contribution in [0.1, 0.15) is 32.0 Å². The number of hydrogen-bond acceptors (Lipinski definition) is 5. The summed E-state index contributed by atoms with van der Waals surface area (Å²) in [4.78, 5) is 15.6. The molecule has 1 heterocycles. The van der Waals surface area contributed by atoms with Gasteiger partial charge in [-0.1, -0.05) is 5.16 Å². The van der Waals surface area contributed by atoms with Crippen LogP contribution in [-0.2, 0) is 0 Å². The van der Waals surface area contributed by atoms with Gasteiger partial charge in [-0.05, 0) is 33.8 Å². The number of aromatic nitrogens is 1. The summed E-state index contributed by atoms with van der Waals surface area (Å²) in [5.74, 6) is 0.289. The van der Waals surface area contributed by atoms with Crippen molar-refractivity contribution in [2.45, 2.75) is 33.2 Å². The molecule has 2 N–H and O–H groups in total. The number of amides is 1. The lowest BCUT2D eigenvalue weighted by atomic mass is 10.1. The molecule has 0 fully saturated rings. The molecule has 0 unspecified atom stereocenters. The third kappa shape index (κ3) is 4.40. The Morgan fingerprint density at radius 3 is 2.78 bits per heavy atom. The van der Waals surface area contributed by atoms with Crippen molar-refractivity contribution < 1.29 is 14.7 Å². The summed E-state index contributed by atoms with van der Waals surface area (Å²) in [6, 6.07) is 1.57. The van der Waals surface area contributed by atoms with Gasteiger partial charge in [-0.3, -0.25) is 4.98 Å². The van der Waals surface area contributed by atoms with Crippen LogP contribution in [0.15, 0.2) is 17.4 Å². The van der Waals surface area contributed by atoms with Crippen LogP contribution < -0.4 is 10.1 Å². The highest BCUT2D eigenvalue weighted by molar-refractivity contribution is 5.81. The second kappa shape index (κ2) is 5.48. The van der Waals surface area contributed by atoms with Gasteiger partial charge in [0.1, 0.15) is 0 Å². The summed E-state index contributed by atoms with van der Waals surface area (Å²) < 4.78 is 5.08. The molecule has 0 spiro atoms. The Morgan fingerprint density at radius 2 is 2.22 bits per heavy atom.